The fourth-order valence-electron chi connectivity index (χ4n) is 12.6. The maximum atomic E-state index is 5.32. The Kier molecular flexibility index (Phi) is 9.11. The minimum atomic E-state index is -2.07. The quantitative estimate of drug-likeness (QED) is 0.0980. The summed E-state index contributed by atoms with van der Waals surface area (Å²) in [6, 6.07) is 86.8. The predicted molar refractivity (Wildman–Crippen MR) is 312 cm³/mol. The van der Waals surface area contributed by atoms with Gasteiger partial charge in [-0.15, -0.1) is 0 Å². The van der Waals surface area contributed by atoms with Crippen LogP contribution in [0.4, 0.5) is 0 Å². The Morgan fingerprint density at radius 1 is 0.233 bits per heavy atom. The van der Waals surface area contributed by atoms with Crippen LogP contribution in [0.1, 0.15) is 0 Å². The molecule has 3 nitrogen and oxygen atoms in total. The second-order valence-electron chi connectivity index (χ2n) is 20.1. The van der Waals surface area contributed by atoms with Crippen molar-refractivity contribution in [2.75, 3.05) is 0 Å². The third-order valence-corrected chi connectivity index (χ3v) is 19.4. The van der Waals surface area contributed by atoms with Crippen molar-refractivity contribution in [3.05, 3.63) is 237 Å². The van der Waals surface area contributed by atoms with Gasteiger partial charge in [0.25, 0.3) is 0 Å². The van der Waals surface area contributed by atoms with Crippen molar-refractivity contribution in [1.29, 1.82) is 0 Å². The van der Waals surface area contributed by atoms with E-state index in [1.165, 1.54) is 97.6 Å². The molecule has 0 atom stereocenters. The number of hydrogen-bond donors (Lipinski definition) is 0. The molecule has 73 heavy (non-hydrogen) atoms. The van der Waals surface area contributed by atoms with Crippen LogP contribution in [0, 0.1) is 0 Å². The summed E-state index contributed by atoms with van der Waals surface area (Å²) in [4.78, 5) is 15.7. The fraction of sp³-hybridized carbons (Fsp3) is 0.0290. The standard InChI is InChI=1S/C69H45N3Si/c1-73(2)61-38-37-44(39-59(61)60-40-57-47-27-11-9-25-45(47)46-26-10-12-28-48(46)58(57)41-62(60)73)63-49-29-13-15-31-51(49)64(52-32-16-14-30-50(52)63)65-53-33-17-19-35-55(53)66(56-36-20-18-34-54(56)65)69-71-67(42-21-5-3-6-22-42)70-68(72-69)43-23-7-4-8-24-43/h3-41H,1-2H3. The Hall–Kier alpha value is -9.09. The van der Waals surface area contributed by atoms with Crippen molar-refractivity contribution < 1.29 is 0 Å². The number of rotatable bonds is 5. The summed E-state index contributed by atoms with van der Waals surface area (Å²) in [5.41, 5.74) is 10.6. The second-order valence-corrected chi connectivity index (χ2v) is 24.5. The molecule has 0 aliphatic carbocycles. The van der Waals surface area contributed by atoms with Gasteiger partial charge >= 0.3 is 0 Å². The lowest BCUT2D eigenvalue weighted by Crippen LogP contribution is -2.49. The topological polar surface area (TPSA) is 38.7 Å². The van der Waals surface area contributed by atoms with Gasteiger partial charge in [-0.05, 0) is 131 Å². The molecular formula is C69H45N3Si. The van der Waals surface area contributed by atoms with Gasteiger partial charge in [-0.3, -0.25) is 0 Å². The first-order valence-electron chi connectivity index (χ1n) is 25.3. The molecule has 0 amide bonds. The van der Waals surface area contributed by atoms with Crippen LogP contribution in [0.5, 0.6) is 0 Å². The molecule has 0 spiro atoms. The summed E-state index contributed by atoms with van der Waals surface area (Å²) in [6.45, 7) is 5.08. The largest absolute Gasteiger partial charge is 0.208 e. The van der Waals surface area contributed by atoms with Gasteiger partial charge in [0, 0.05) is 16.7 Å². The summed E-state index contributed by atoms with van der Waals surface area (Å²) in [6.07, 6.45) is 0. The Morgan fingerprint density at radius 3 is 1.00 bits per heavy atom. The number of aromatic nitrogens is 3. The summed E-state index contributed by atoms with van der Waals surface area (Å²) in [5, 5.41) is 20.4. The van der Waals surface area contributed by atoms with Crippen molar-refractivity contribution >= 4 is 93.9 Å². The molecule has 0 saturated heterocycles. The van der Waals surface area contributed by atoms with Gasteiger partial charge < -0.3 is 0 Å². The average molecular weight is 944 g/mol. The molecule has 1 aliphatic heterocycles. The van der Waals surface area contributed by atoms with Crippen LogP contribution < -0.4 is 10.4 Å². The highest BCUT2D eigenvalue weighted by molar-refractivity contribution is 7.04. The molecular weight excluding hydrogens is 899 g/mol. The van der Waals surface area contributed by atoms with Crippen molar-refractivity contribution in [3.63, 3.8) is 0 Å². The van der Waals surface area contributed by atoms with E-state index in [4.69, 9.17) is 15.0 Å². The third kappa shape index (κ3) is 6.21. The van der Waals surface area contributed by atoms with Gasteiger partial charge in [-0.25, -0.2) is 15.0 Å². The molecule has 0 N–H and O–H groups in total. The average Bonchev–Trinajstić information content (AvgIpc) is 3.69. The minimum Gasteiger partial charge on any atom is -0.208 e. The van der Waals surface area contributed by atoms with E-state index in [1.807, 2.05) is 36.4 Å². The van der Waals surface area contributed by atoms with Crippen molar-refractivity contribution in [3.8, 4) is 67.5 Å². The Balaban J connectivity index is 0.981. The molecule has 2 heterocycles. The van der Waals surface area contributed by atoms with Crippen molar-refractivity contribution in [1.82, 2.24) is 15.0 Å². The predicted octanol–water partition coefficient (Wildman–Crippen LogP) is 17.1. The van der Waals surface area contributed by atoms with Gasteiger partial charge in [-0.1, -0.05) is 238 Å². The molecule has 1 aliphatic rings. The molecule has 0 saturated carbocycles. The maximum absolute atomic E-state index is 5.32. The summed E-state index contributed by atoms with van der Waals surface area (Å²) in [5.74, 6) is 1.94. The van der Waals surface area contributed by atoms with E-state index in [0.717, 1.165) is 38.2 Å². The molecule has 4 heteroatoms. The number of fused-ring (bicyclic) bond motifs is 13. The Labute approximate surface area is 423 Å². The smallest absolute Gasteiger partial charge is 0.165 e. The molecule has 340 valence electrons. The van der Waals surface area contributed by atoms with E-state index >= 15 is 0 Å². The van der Waals surface area contributed by atoms with Gasteiger partial charge in [0.1, 0.15) is 8.07 Å². The van der Waals surface area contributed by atoms with Crippen LogP contribution >= 0.6 is 0 Å². The molecule has 0 fully saturated rings. The van der Waals surface area contributed by atoms with Crippen LogP contribution in [0.25, 0.3) is 143 Å². The van der Waals surface area contributed by atoms with Crippen molar-refractivity contribution in [2.45, 2.75) is 13.1 Å². The molecule has 15 rings (SSSR count). The van der Waals surface area contributed by atoms with Crippen LogP contribution in [0.15, 0.2) is 237 Å². The first-order valence-corrected chi connectivity index (χ1v) is 28.3. The lowest BCUT2D eigenvalue weighted by atomic mass is 9.81. The van der Waals surface area contributed by atoms with E-state index < -0.39 is 8.07 Å². The van der Waals surface area contributed by atoms with Gasteiger partial charge in [0.2, 0.25) is 0 Å². The Morgan fingerprint density at radius 2 is 0.562 bits per heavy atom. The summed E-state index contributed by atoms with van der Waals surface area (Å²) in [7, 11) is -2.07. The molecule has 0 unspecified atom stereocenters. The van der Waals surface area contributed by atoms with Crippen LogP contribution in [-0.4, -0.2) is 23.0 Å². The number of benzene rings is 13. The second kappa shape index (κ2) is 16.0. The van der Waals surface area contributed by atoms with Crippen LogP contribution in [-0.2, 0) is 0 Å². The van der Waals surface area contributed by atoms with E-state index in [1.54, 1.807) is 0 Å². The maximum Gasteiger partial charge on any atom is 0.165 e. The molecule has 1 aromatic heterocycles. The van der Waals surface area contributed by atoms with E-state index in [-0.39, 0.29) is 0 Å². The first kappa shape index (κ1) is 41.7. The monoisotopic (exact) mass is 943 g/mol. The zero-order chi connectivity index (χ0) is 48.4. The molecule has 14 aromatic rings. The molecule has 13 aromatic carbocycles. The van der Waals surface area contributed by atoms with Crippen LogP contribution in [0.2, 0.25) is 13.1 Å². The van der Waals surface area contributed by atoms with E-state index in [2.05, 4.69) is 213 Å². The SMILES string of the molecule is C[Si]1(C)c2ccc(-c3c4ccccc4c(-c4c5ccccc5c(-c5nc(-c6ccccc6)nc(-c6ccccc6)n5)c5ccccc45)c4ccccc34)cc2-c2cc3c4ccccc4c4ccccc4c3cc21. The number of nitrogens with zero attached hydrogens (tertiary/aromatic N) is 3. The molecule has 0 radical (unpaired) electrons. The lowest BCUT2D eigenvalue weighted by Gasteiger charge is -2.22. The highest BCUT2D eigenvalue weighted by atomic mass is 28.3. The summed E-state index contributed by atoms with van der Waals surface area (Å²) < 4.78 is 0. The summed E-state index contributed by atoms with van der Waals surface area (Å²) >= 11 is 0. The first-order chi connectivity index (χ1) is 36.0. The van der Waals surface area contributed by atoms with Gasteiger partial charge in [0.15, 0.2) is 17.5 Å². The fourth-order valence-corrected chi connectivity index (χ4v) is 15.6. The van der Waals surface area contributed by atoms with Crippen LogP contribution in [0.3, 0.4) is 0 Å². The highest BCUT2D eigenvalue weighted by Crippen LogP contribution is 2.50. The zero-order valence-corrected chi connectivity index (χ0v) is 41.4. The third-order valence-electron chi connectivity index (χ3n) is 15.9. The minimum absolute atomic E-state index is 0.644. The number of hydrogen-bond acceptors (Lipinski definition) is 3. The zero-order valence-electron chi connectivity index (χ0n) is 40.4. The normalized spacial score (nSPS) is 12.9. The van der Waals surface area contributed by atoms with Gasteiger partial charge in [0.05, 0.1) is 0 Å². The van der Waals surface area contributed by atoms with Gasteiger partial charge in [-0.2, -0.15) is 0 Å². The lowest BCUT2D eigenvalue weighted by molar-refractivity contribution is 1.08. The Bertz CT molecular complexity index is 4470. The van der Waals surface area contributed by atoms with E-state index in [0.29, 0.717) is 17.5 Å². The highest BCUT2D eigenvalue weighted by Gasteiger charge is 2.38. The van der Waals surface area contributed by atoms with Crippen molar-refractivity contribution in [2.24, 2.45) is 0 Å². The molecule has 0 bridgehead atoms. The van der Waals surface area contributed by atoms with E-state index in [9.17, 15) is 0 Å².